The topological polar surface area (TPSA) is 89.5 Å². The minimum absolute atomic E-state index is 0.301. The summed E-state index contributed by atoms with van der Waals surface area (Å²) in [6.07, 6.45) is 3.78. The molecule has 0 radical (unpaired) electrons. The van der Waals surface area contributed by atoms with Crippen molar-refractivity contribution in [3.05, 3.63) is 0 Å². The van der Waals surface area contributed by atoms with E-state index >= 15 is 0 Å². The van der Waals surface area contributed by atoms with Gasteiger partial charge in [-0.2, -0.15) is 9.78 Å². The lowest BCUT2D eigenvalue weighted by Crippen LogP contribution is -2.22. The van der Waals surface area contributed by atoms with Crippen LogP contribution in [0, 0.1) is 0 Å². The lowest BCUT2D eigenvalue weighted by Gasteiger charge is -2.16. The summed E-state index contributed by atoms with van der Waals surface area (Å²) in [5.74, 6) is 0. The van der Waals surface area contributed by atoms with Crippen molar-refractivity contribution in [1.82, 2.24) is 0 Å². The van der Waals surface area contributed by atoms with Crippen LogP contribution in [-0.2, 0) is 29.0 Å². The summed E-state index contributed by atoms with van der Waals surface area (Å²) >= 11 is 0. The van der Waals surface area contributed by atoms with Crippen LogP contribution in [0.4, 0.5) is 9.59 Å². The van der Waals surface area contributed by atoms with Crippen LogP contribution >= 0.6 is 0 Å². The monoisotopic (exact) mass is 378 g/mol. The summed E-state index contributed by atoms with van der Waals surface area (Å²) in [5, 5.41) is 0. The van der Waals surface area contributed by atoms with Gasteiger partial charge in [0.1, 0.15) is 11.2 Å². The van der Waals surface area contributed by atoms with Crippen molar-refractivity contribution in [1.29, 1.82) is 0 Å². The molecule has 0 aliphatic heterocycles. The van der Waals surface area contributed by atoms with Gasteiger partial charge in [0.2, 0.25) is 0 Å². The maximum absolute atomic E-state index is 11.2. The second kappa shape index (κ2) is 12.8. The van der Waals surface area contributed by atoms with E-state index in [1.165, 1.54) is 0 Å². The Hall–Kier alpha value is -1.54. The highest BCUT2D eigenvalue weighted by atomic mass is 17.2. The van der Waals surface area contributed by atoms with Crippen LogP contribution in [0.2, 0.25) is 0 Å². The van der Waals surface area contributed by atoms with Crippen LogP contribution in [0.1, 0.15) is 80.1 Å². The third-order valence-corrected chi connectivity index (χ3v) is 2.70. The first-order chi connectivity index (χ1) is 12.0. The molecule has 0 rings (SSSR count). The van der Waals surface area contributed by atoms with E-state index in [4.69, 9.17) is 19.2 Å². The number of carbonyl (C=O) groups is 2. The zero-order valence-electron chi connectivity index (χ0n) is 16.9. The number of unbranched alkanes of at least 4 members (excludes halogenated alkanes) is 5. The molecule has 26 heavy (non-hydrogen) atoms. The molecule has 0 fully saturated rings. The molecule has 0 saturated heterocycles. The van der Waals surface area contributed by atoms with Gasteiger partial charge in [-0.05, 0) is 54.4 Å². The van der Waals surface area contributed by atoms with Crippen LogP contribution in [-0.4, -0.2) is 36.7 Å². The van der Waals surface area contributed by atoms with Crippen LogP contribution in [0.3, 0.4) is 0 Å². The molecule has 0 N–H and O–H groups in total. The summed E-state index contributed by atoms with van der Waals surface area (Å²) in [4.78, 5) is 41.2. The van der Waals surface area contributed by atoms with Crippen molar-refractivity contribution >= 4 is 12.3 Å². The van der Waals surface area contributed by atoms with Gasteiger partial charge in [-0.25, -0.2) is 9.59 Å². The van der Waals surface area contributed by atoms with E-state index in [1.807, 2.05) is 0 Å². The number of carbonyl (C=O) groups excluding carboxylic acids is 2. The van der Waals surface area contributed by atoms with Gasteiger partial charge in [0, 0.05) is 0 Å². The zero-order chi connectivity index (χ0) is 20.1. The molecule has 0 aromatic heterocycles. The molecule has 0 aliphatic carbocycles. The standard InChI is InChI=1S/C18H34O8/c1-17(2,3)25-23-15(19)21-13-11-9-7-8-10-12-14-22-16(20)24-26-18(4,5)6/h7-14H2,1-6H3. The number of hydrogen-bond donors (Lipinski definition) is 0. The maximum atomic E-state index is 11.2. The second-order valence-corrected chi connectivity index (χ2v) is 7.88. The van der Waals surface area contributed by atoms with Gasteiger partial charge >= 0.3 is 12.3 Å². The fraction of sp³-hybridized carbons (Fsp3) is 0.889. The molecule has 0 atom stereocenters. The highest BCUT2D eigenvalue weighted by Gasteiger charge is 2.16. The molecule has 0 heterocycles. The Morgan fingerprint density at radius 3 is 1.19 bits per heavy atom. The Balaban J connectivity index is 3.36. The fourth-order valence-electron chi connectivity index (χ4n) is 1.59. The van der Waals surface area contributed by atoms with Gasteiger partial charge in [0.25, 0.3) is 0 Å². The summed E-state index contributed by atoms with van der Waals surface area (Å²) < 4.78 is 9.77. The number of rotatable bonds is 11. The van der Waals surface area contributed by atoms with Crippen molar-refractivity contribution < 1.29 is 38.6 Å². The highest BCUT2D eigenvalue weighted by Crippen LogP contribution is 2.10. The zero-order valence-corrected chi connectivity index (χ0v) is 16.9. The summed E-state index contributed by atoms with van der Waals surface area (Å²) in [5.41, 5.74) is -1.11. The first-order valence-corrected chi connectivity index (χ1v) is 9.04. The summed E-state index contributed by atoms with van der Waals surface area (Å²) in [7, 11) is 0. The predicted molar refractivity (Wildman–Crippen MR) is 94.2 cm³/mol. The molecular formula is C18H34O8. The Morgan fingerprint density at radius 1 is 0.577 bits per heavy atom. The number of ether oxygens (including phenoxy) is 2. The van der Waals surface area contributed by atoms with E-state index in [0.717, 1.165) is 38.5 Å². The molecule has 0 aromatic rings. The minimum atomic E-state index is -0.820. The molecule has 0 spiro atoms. The van der Waals surface area contributed by atoms with E-state index in [9.17, 15) is 9.59 Å². The van der Waals surface area contributed by atoms with Gasteiger partial charge in [-0.1, -0.05) is 25.7 Å². The van der Waals surface area contributed by atoms with Gasteiger partial charge in [-0.15, -0.1) is 0 Å². The fourth-order valence-corrected chi connectivity index (χ4v) is 1.59. The van der Waals surface area contributed by atoms with E-state index in [2.05, 4.69) is 9.78 Å². The van der Waals surface area contributed by atoms with Crippen LogP contribution in [0.15, 0.2) is 0 Å². The van der Waals surface area contributed by atoms with E-state index < -0.39 is 23.5 Å². The second-order valence-electron chi connectivity index (χ2n) is 7.88. The molecule has 154 valence electrons. The molecule has 8 nitrogen and oxygen atoms in total. The number of hydrogen-bond acceptors (Lipinski definition) is 8. The Labute approximate surface area is 156 Å². The minimum Gasteiger partial charge on any atom is -0.432 e. The van der Waals surface area contributed by atoms with E-state index in [1.54, 1.807) is 41.5 Å². The molecule has 0 saturated carbocycles. The van der Waals surface area contributed by atoms with Crippen LogP contribution in [0.5, 0.6) is 0 Å². The lowest BCUT2D eigenvalue weighted by molar-refractivity contribution is -0.312. The molecule has 0 amide bonds. The maximum Gasteiger partial charge on any atom is 0.540 e. The van der Waals surface area contributed by atoms with Gasteiger partial charge in [-0.3, -0.25) is 9.78 Å². The Morgan fingerprint density at radius 2 is 0.885 bits per heavy atom. The third kappa shape index (κ3) is 18.8. The van der Waals surface area contributed by atoms with Crippen molar-refractivity contribution in [2.24, 2.45) is 0 Å². The molecule has 8 heteroatoms. The Bertz CT molecular complexity index is 357. The van der Waals surface area contributed by atoms with Crippen molar-refractivity contribution in [2.45, 2.75) is 91.3 Å². The van der Waals surface area contributed by atoms with Crippen LogP contribution < -0.4 is 0 Å². The Kier molecular flexibility index (Phi) is 12.0. The van der Waals surface area contributed by atoms with Crippen molar-refractivity contribution in [2.75, 3.05) is 13.2 Å². The third-order valence-electron chi connectivity index (χ3n) is 2.70. The normalized spacial score (nSPS) is 11.8. The first-order valence-electron chi connectivity index (χ1n) is 9.04. The largest absolute Gasteiger partial charge is 0.540 e. The molecule has 0 unspecified atom stereocenters. The average Bonchev–Trinajstić information content (AvgIpc) is 2.51. The van der Waals surface area contributed by atoms with Gasteiger partial charge in [0.05, 0.1) is 13.2 Å². The van der Waals surface area contributed by atoms with Gasteiger partial charge in [0.15, 0.2) is 0 Å². The predicted octanol–water partition coefficient (Wildman–Crippen LogP) is 5.09. The smallest absolute Gasteiger partial charge is 0.432 e. The quantitative estimate of drug-likeness (QED) is 0.212. The molecule has 0 aliphatic rings. The molecular weight excluding hydrogens is 344 g/mol. The highest BCUT2D eigenvalue weighted by molar-refractivity contribution is 5.59. The van der Waals surface area contributed by atoms with Crippen molar-refractivity contribution in [3.63, 3.8) is 0 Å². The molecule has 0 aromatic carbocycles. The summed E-state index contributed by atoms with van der Waals surface area (Å²) in [6.45, 7) is 11.2. The molecule has 0 bridgehead atoms. The SMILES string of the molecule is CC(C)(C)OOC(=O)OCCCCCCCCOC(=O)OOC(C)(C)C. The lowest BCUT2D eigenvalue weighted by atomic mass is 10.1. The average molecular weight is 378 g/mol. The van der Waals surface area contributed by atoms with Crippen LogP contribution in [0.25, 0.3) is 0 Å². The first kappa shape index (κ1) is 24.5. The van der Waals surface area contributed by atoms with Crippen molar-refractivity contribution in [3.8, 4) is 0 Å². The van der Waals surface area contributed by atoms with E-state index in [-0.39, 0.29) is 0 Å². The van der Waals surface area contributed by atoms with E-state index in [0.29, 0.717) is 13.2 Å². The van der Waals surface area contributed by atoms with Gasteiger partial charge < -0.3 is 9.47 Å². The summed E-state index contributed by atoms with van der Waals surface area (Å²) in [6, 6.07) is 0.